The Balaban J connectivity index is 2.41. The highest BCUT2D eigenvalue weighted by Crippen LogP contribution is 2.26. The van der Waals surface area contributed by atoms with Gasteiger partial charge in [-0.3, -0.25) is 0 Å². The molecule has 1 nitrogen and oxygen atoms in total. The summed E-state index contributed by atoms with van der Waals surface area (Å²) in [5, 5.41) is 3.52. The van der Waals surface area contributed by atoms with Gasteiger partial charge in [-0.15, -0.1) is 6.58 Å². The van der Waals surface area contributed by atoms with E-state index in [4.69, 9.17) is 0 Å². The first-order valence-corrected chi connectivity index (χ1v) is 8.26. The van der Waals surface area contributed by atoms with Gasteiger partial charge in [-0.05, 0) is 24.6 Å². The Labute approximate surface area is 125 Å². The van der Waals surface area contributed by atoms with Crippen LogP contribution in [-0.2, 0) is 0 Å². The minimum Gasteiger partial charge on any atom is -0.309 e. The summed E-state index contributed by atoms with van der Waals surface area (Å²) in [7, 11) is 0. The van der Waals surface area contributed by atoms with Crippen molar-refractivity contribution >= 4 is 43.6 Å². The number of benzene rings is 1. The summed E-state index contributed by atoms with van der Waals surface area (Å²) in [4.78, 5) is 0. The van der Waals surface area contributed by atoms with Crippen LogP contribution in [0.15, 0.2) is 39.8 Å². The fraction of sp³-hybridized carbons (Fsp3) is 0.385. The van der Waals surface area contributed by atoms with Crippen LogP contribution in [-0.4, -0.2) is 18.1 Å². The van der Waals surface area contributed by atoms with Crippen LogP contribution >= 0.6 is 43.6 Å². The highest BCUT2D eigenvalue weighted by molar-refractivity contribution is 9.11. The molecule has 1 unspecified atom stereocenters. The van der Waals surface area contributed by atoms with E-state index in [0.29, 0.717) is 6.04 Å². The number of thioether (sulfide) groups is 1. The van der Waals surface area contributed by atoms with Gasteiger partial charge in [0.1, 0.15) is 0 Å². The lowest BCUT2D eigenvalue weighted by atomic mass is 10.1. The summed E-state index contributed by atoms with van der Waals surface area (Å²) >= 11 is 8.95. The summed E-state index contributed by atoms with van der Waals surface area (Å²) in [6, 6.07) is 6.66. The van der Waals surface area contributed by atoms with Crippen LogP contribution in [0.2, 0.25) is 0 Å². The molecule has 17 heavy (non-hydrogen) atoms. The third kappa shape index (κ3) is 5.60. The van der Waals surface area contributed by atoms with Crippen LogP contribution in [0, 0.1) is 0 Å². The molecular weight excluding hydrogens is 362 g/mol. The molecule has 0 spiro atoms. The molecule has 1 atom stereocenters. The Morgan fingerprint density at radius 2 is 2.24 bits per heavy atom. The fourth-order valence-corrected chi connectivity index (χ4v) is 3.46. The third-order valence-electron chi connectivity index (χ3n) is 2.36. The second-order valence-electron chi connectivity index (χ2n) is 3.71. The van der Waals surface area contributed by atoms with Crippen molar-refractivity contribution in [1.82, 2.24) is 5.32 Å². The van der Waals surface area contributed by atoms with Crippen molar-refractivity contribution in [2.75, 3.05) is 18.1 Å². The molecule has 1 N–H and O–H groups in total. The van der Waals surface area contributed by atoms with Gasteiger partial charge >= 0.3 is 0 Å². The van der Waals surface area contributed by atoms with E-state index in [0.717, 1.165) is 27.0 Å². The molecule has 0 aliphatic heterocycles. The van der Waals surface area contributed by atoms with E-state index < -0.39 is 0 Å². The molecule has 1 rings (SSSR count). The minimum absolute atomic E-state index is 0.363. The first-order valence-electron chi connectivity index (χ1n) is 5.52. The number of rotatable bonds is 7. The number of hydrogen-bond donors (Lipinski definition) is 1. The van der Waals surface area contributed by atoms with Gasteiger partial charge in [0, 0.05) is 33.0 Å². The lowest BCUT2D eigenvalue weighted by molar-refractivity contribution is 0.599. The van der Waals surface area contributed by atoms with Crippen molar-refractivity contribution in [3.8, 4) is 0 Å². The fourth-order valence-electron chi connectivity index (χ4n) is 1.48. The third-order valence-corrected chi connectivity index (χ3v) is 4.51. The predicted octanol–water partition coefficient (Wildman–Crippen LogP) is 4.78. The zero-order chi connectivity index (χ0) is 12.7. The summed E-state index contributed by atoms with van der Waals surface area (Å²) in [5.41, 5.74) is 1.29. The average molecular weight is 379 g/mol. The maximum absolute atomic E-state index is 3.71. The molecule has 0 fully saturated rings. The Hall–Kier alpha value is 0.230. The molecule has 0 amide bonds. The van der Waals surface area contributed by atoms with Crippen LogP contribution in [0.4, 0.5) is 0 Å². The van der Waals surface area contributed by atoms with Crippen LogP contribution in [0.1, 0.15) is 18.5 Å². The normalized spacial score (nSPS) is 12.4. The van der Waals surface area contributed by atoms with E-state index in [1.807, 2.05) is 17.8 Å². The topological polar surface area (TPSA) is 12.0 Å². The molecule has 94 valence electrons. The first-order chi connectivity index (χ1) is 8.15. The van der Waals surface area contributed by atoms with Crippen molar-refractivity contribution in [1.29, 1.82) is 0 Å². The van der Waals surface area contributed by atoms with Crippen LogP contribution in [0.5, 0.6) is 0 Å². The smallest absolute Gasteiger partial charge is 0.0303 e. The molecule has 0 heterocycles. The SMILES string of the molecule is C=CCSCCNC(C)c1ccc(Br)cc1Br. The Morgan fingerprint density at radius 1 is 1.47 bits per heavy atom. The molecule has 0 radical (unpaired) electrons. The molecule has 0 aromatic heterocycles. The standard InChI is InChI=1S/C13H17Br2NS/c1-3-7-17-8-6-16-10(2)12-5-4-11(14)9-13(12)15/h3-5,9-10,16H,1,6-8H2,2H3. The summed E-state index contributed by atoms with van der Waals surface area (Å²) in [5.74, 6) is 2.14. The maximum Gasteiger partial charge on any atom is 0.0303 e. The van der Waals surface area contributed by atoms with Crippen molar-refractivity contribution in [3.63, 3.8) is 0 Å². The van der Waals surface area contributed by atoms with Crippen molar-refractivity contribution in [2.24, 2.45) is 0 Å². The van der Waals surface area contributed by atoms with Crippen LogP contribution < -0.4 is 5.32 Å². The van der Waals surface area contributed by atoms with E-state index in [1.165, 1.54) is 5.56 Å². The van der Waals surface area contributed by atoms with Gasteiger partial charge in [-0.2, -0.15) is 11.8 Å². The monoisotopic (exact) mass is 377 g/mol. The van der Waals surface area contributed by atoms with Gasteiger partial charge in [-0.1, -0.05) is 44.0 Å². The van der Waals surface area contributed by atoms with Gasteiger partial charge in [0.2, 0.25) is 0 Å². The van der Waals surface area contributed by atoms with Gasteiger partial charge in [0.05, 0.1) is 0 Å². The Kier molecular flexibility index (Phi) is 7.51. The zero-order valence-corrected chi connectivity index (χ0v) is 13.9. The highest BCUT2D eigenvalue weighted by atomic mass is 79.9. The van der Waals surface area contributed by atoms with E-state index in [9.17, 15) is 0 Å². The molecule has 0 saturated heterocycles. The van der Waals surface area contributed by atoms with E-state index >= 15 is 0 Å². The number of hydrogen-bond acceptors (Lipinski definition) is 2. The molecular formula is C13H17Br2NS. The molecule has 4 heteroatoms. The largest absolute Gasteiger partial charge is 0.309 e. The number of halogens is 2. The van der Waals surface area contributed by atoms with Crippen LogP contribution in [0.3, 0.4) is 0 Å². The van der Waals surface area contributed by atoms with Crippen molar-refractivity contribution in [3.05, 3.63) is 45.4 Å². The Morgan fingerprint density at radius 3 is 2.88 bits per heavy atom. The predicted molar refractivity (Wildman–Crippen MR) is 85.8 cm³/mol. The minimum atomic E-state index is 0.363. The number of nitrogens with one attached hydrogen (secondary N) is 1. The second kappa shape index (κ2) is 8.35. The molecule has 0 aliphatic carbocycles. The summed E-state index contributed by atoms with van der Waals surface area (Å²) < 4.78 is 2.24. The average Bonchev–Trinajstić information content (AvgIpc) is 2.28. The summed E-state index contributed by atoms with van der Waals surface area (Å²) in [6.45, 7) is 6.91. The second-order valence-corrected chi connectivity index (χ2v) is 6.63. The van der Waals surface area contributed by atoms with E-state index in [1.54, 1.807) is 0 Å². The van der Waals surface area contributed by atoms with Crippen LogP contribution in [0.25, 0.3) is 0 Å². The van der Waals surface area contributed by atoms with E-state index in [-0.39, 0.29) is 0 Å². The summed E-state index contributed by atoms with van der Waals surface area (Å²) in [6.07, 6.45) is 1.94. The quantitative estimate of drug-likeness (QED) is 0.541. The maximum atomic E-state index is 3.71. The molecule has 0 aliphatic rings. The Bertz CT molecular complexity index is 368. The lowest BCUT2D eigenvalue weighted by Gasteiger charge is -2.15. The molecule has 0 saturated carbocycles. The van der Waals surface area contributed by atoms with Gasteiger partial charge in [0.25, 0.3) is 0 Å². The van der Waals surface area contributed by atoms with Crippen molar-refractivity contribution in [2.45, 2.75) is 13.0 Å². The van der Waals surface area contributed by atoms with Gasteiger partial charge in [-0.25, -0.2) is 0 Å². The van der Waals surface area contributed by atoms with Crippen molar-refractivity contribution < 1.29 is 0 Å². The van der Waals surface area contributed by atoms with Gasteiger partial charge in [0.15, 0.2) is 0 Å². The zero-order valence-electron chi connectivity index (χ0n) is 9.88. The lowest BCUT2D eigenvalue weighted by Crippen LogP contribution is -2.21. The van der Waals surface area contributed by atoms with Gasteiger partial charge < -0.3 is 5.32 Å². The molecule has 1 aromatic carbocycles. The molecule has 1 aromatic rings. The van der Waals surface area contributed by atoms with E-state index in [2.05, 4.69) is 68.9 Å². The molecule has 0 bridgehead atoms. The first kappa shape index (κ1) is 15.3. The highest BCUT2D eigenvalue weighted by Gasteiger charge is 2.08.